The molecule has 0 aliphatic rings. The number of hydrogen-bond acceptors (Lipinski definition) is 3. The third-order valence-corrected chi connectivity index (χ3v) is 2.91. The predicted octanol–water partition coefficient (Wildman–Crippen LogP) is 2.48. The molecule has 1 heterocycles. The average molecular weight is 258 g/mol. The van der Waals surface area contributed by atoms with Crippen molar-refractivity contribution in [1.29, 1.82) is 5.26 Å². The number of nitrogens with zero attached hydrogens (tertiary/aromatic N) is 3. The molecule has 0 spiro atoms. The summed E-state index contributed by atoms with van der Waals surface area (Å²) < 4.78 is 14.4. The van der Waals surface area contributed by atoms with Crippen LogP contribution in [-0.2, 0) is 13.0 Å². The van der Waals surface area contributed by atoms with Crippen LogP contribution in [0.2, 0.25) is 0 Å². The van der Waals surface area contributed by atoms with Gasteiger partial charge in [-0.25, -0.2) is 9.07 Å². The lowest BCUT2D eigenvalue weighted by atomic mass is 10.2. The Morgan fingerprint density at radius 2 is 2.05 bits per heavy atom. The van der Waals surface area contributed by atoms with Gasteiger partial charge in [0.25, 0.3) is 0 Å². The number of benzene rings is 1. The molecule has 19 heavy (non-hydrogen) atoms. The first-order valence-corrected chi connectivity index (χ1v) is 6.15. The summed E-state index contributed by atoms with van der Waals surface area (Å²) in [5.74, 6) is 0.0943. The second-order valence-corrected chi connectivity index (χ2v) is 4.35. The molecule has 0 radical (unpaired) electrons. The van der Waals surface area contributed by atoms with Crippen LogP contribution in [0.25, 0.3) is 0 Å². The molecular weight excluding hydrogens is 243 g/mol. The topological polar surface area (TPSA) is 67.6 Å². The number of nitriles is 1. The van der Waals surface area contributed by atoms with Gasteiger partial charge in [0.05, 0.1) is 12.2 Å². The lowest BCUT2D eigenvalue weighted by Crippen LogP contribution is -2.06. The van der Waals surface area contributed by atoms with Crippen molar-refractivity contribution in [2.75, 3.05) is 5.73 Å². The van der Waals surface area contributed by atoms with Gasteiger partial charge in [-0.05, 0) is 24.1 Å². The van der Waals surface area contributed by atoms with Crippen LogP contribution in [0.1, 0.15) is 30.2 Å². The van der Waals surface area contributed by atoms with E-state index < -0.39 is 0 Å². The first-order chi connectivity index (χ1) is 9.15. The van der Waals surface area contributed by atoms with Crippen LogP contribution in [0.4, 0.5) is 10.2 Å². The van der Waals surface area contributed by atoms with Crippen LogP contribution in [0.15, 0.2) is 24.3 Å². The second-order valence-electron chi connectivity index (χ2n) is 4.35. The van der Waals surface area contributed by atoms with Crippen molar-refractivity contribution >= 4 is 5.82 Å². The van der Waals surface area contributed by atoms with E-state index in [2.05, 4.69) is 11.2 Å². The lowest BCUT2D eigenvalue weighted by molar-refractivity contribution is 0.624. The van der Waals surface area contributed by atoms with Crippen molar-refractivity contribution < 1.29 is 4.39 Å². The zero-order valence-corrected chi connectivity index (χ0v) is 10.7. The van der Waals surface area contributed by atoms with Crippen molar-refractivity contribution in [2.24, 2.45) is 0 Å². The fourth-order valence-electron chi connectivity index (χ4n) is 1.94. The van der Waals surface area contributed by atoms with E-state index in [4.69, 9.17) is 11.0 Å². The molecule has 0 aliphatic heterocycles. The maximum absolute atomic E-state index is 12.8. The van der Waals surface area contributed by atoms with Crippen molar-refractivity contribution in [3.63, 3.8) is 0 Å². The Balaban J connectivity index is 2.30. The Hall–Kier alpha value is -2.35. The maximum atomic E-state index is 12.8. The van der Waals surface area contributed by atoms with Gasteiger partial charge in [0.1, 0.15) is 23.3 Å². The SMILES string of the molecule is CCCc1nn(Cc2ccc(F)cc2)c(N)c1C#N. The molecule has 5 heteroatoms. The molecule has 2 rings (SSSR count). The smallest absolute Gasteiger partial charge is 0.140 e. The Bertz CT molecular complexity index is 608. The van der Waals surface area contributed by atoms with Gasteiger partial charge >= 0.3 is 0 Å². The third-order valence-electron chi connectivity index (χ3n) is 2.91. The summed E-state index contributed by atoms with van der Waals surface area (Å²) in [6.07, 6.45) is 1.63. The summed E-state index contributed by atoms with van der Waals surface area (Å²) in [5, 5.41) is 13.5. The number of anilines is 1. The lowest BCUT2D eigenvalue weighted by Gasteiger charge is -2.04. The summed E-state index contributed by atoms with van der Waals surface area (Å²) in [7, 11) is 0. The molecule has 0 unspecified atom stereocenters. The zero-order valence-electron chi connectivity index (χ0n) is 10.7. The highest BCUT2D eigenvalue weighted by Crippen LogP contribution is 2.18. The van der Waals surface area contributed by atoms with Gasteiger partial charge in [0.2, 0.25) is 0 Å². The summed E-state index contributed by atoms with van der Waals surface area (Å²) >= 11 is 0. The maximum Gasteiger partial charge on any atom is 0.140 e. The molecule has 0 fully saturated rings. The third kappa shape index (κ3) is 2.74. The van der Waals surface area contributed by atoms with E-state index in [1.165, 1.54) is 12.1 Å². The molecule has 4 nitrogen and oxygen atoms in total. The Morgan fingerprint density at radius 3 is 2.63 bits per heavy atom. The quantitative estimate of drug-likeness (QED) is 0.916. The minimum absolute atomic E-state index is 0.276. The molecule has 0 atom stereocenters. The summed E-state index contributed by atoms with van der Waals surface area (Å²) in [6.45, 7) is 2.46. The van der Waals surface area contributed by atoms with E-state index in [0.717, 1.165) is 24.1 Å². The first kappa shape index (κ1) is 13.1. The summed E-state index contributed by atoms with van der Waals surface area (Å²) in [5.41, 5.74) is 7.99. The standard InChI is InChI=1S/C14H15FN4/c1-2-3-13-12(8-16)14(17)19(18-13)9-10-4-6-11(15)7-5-10/h4-7H,2-3,9,17H2,1H3. The molecule has 0 aliphatic carbocycles. The van der Waals surface area contributed by atoms with Gasteiger partial charge in [-0.3, -0.25) is 0 Å². The first-order valence-electron chi connectivity index (χ1n) is 6.15. The van der Waals surface area contributed by atoms with Crippen molar-refractivity contribution in [3.8, 4) is 6.07 Å². The number of aryl methyl sites for hydroxylation is 1. The number of halogens is 1. The van der Waals surface area contributed by atoms with E-state index in [0.29, 0.717) is 17.9 Å². The number of rotatable bonds is 4. The van der Waals surface area contributed by atoms with Gasteiger partial charge in [0.15, 0.2) is 0 Å². The molecule has 98 valence electrons. The van der Waals surface area contributed by atoms with Crippen LogP contribution in [0.3, 0.4) is 0 Å². The van der Waals surface area contributed by atoms with Gasteiger partial charge in [-0.15, -0.1) is 0 Å². The van der Waals surface area contributed by atoms with E-state index in [1.54, 1.807) is 16.8 Å². The van der Waals surface area contributed by atoms with Gasteiger partial charge in [-0.2, -0.15) is 10.4 Å². The molecule has 1 aromatic carbocycles. The summed E-state index contributed by atoms with van der Waals surface area (Å²) in [4.78, 5) is 0. The Morgan fingerprint density at radius 1 is 1.37 bits per heavy atom. The molecule has 0 bridgehead atoms. The molecule has 0 amide bonds. The van der Waals surface area contributed by atoms with E-state index in [-0.39, 0.29) is 5.82 Å². The monoisotopic (exact) mass is 258 g/mol. The van der Waals surface area contributed by atoms with Crippen molar-refractivity contribution in [2.45, 2.75) is 26.3 Å². The largest absolute Gasteiger partial charge is 0.383 e. The highest BCUT2D eigenvalue weighted by Gasteiger charge is 2.14. The van der Waals surface area contributed by atoms with Crippen LogP contribution < -0.4 is 5.73 Å². The molecule has 0 saturated heterocycles. The second kappa shape index (κ2) is 5.53. The number of nitrogen functional groups attached to an aromatic ring is 1. The average Bonchev–Trinajstić information content (AvgIpc) is 2.69. The van der Waals surface area contributed by atoms with Gasteiger partial charge in [0, 0.05) is 0 Å². The Kier molecular flexibility index (Phi) is 3.81. The van der Waals surface area contributed by atoms with Crippen molar-refractivity contribution in [3.05, 3.63) is 46.9 Å². The highest BCUT2D eigenvalue weighted by atomic mass is 19.1. The minimum atomic E-state index is -0.276. The predicted molar refractivity (Wildman–Crippen MR) is 70.9 cm³/mol. The van der Waals surface area contributed by atoms with Gasteiger partial charge in [-0.1, -0.05) is 25.5 Å². The van der Waals surface area contributed by atoms with Crippen LogP contribution in [0.5, 0.6) is 0 Å². The van der Waals surface area contributed by atoms with Crippen LogP contribution in [0, 0.1) is 17.1 Å². The van der Waals surface area contributed by atoms with E-state index in [9.17, 15) is 4.39 Å². The van der Waals surface area contributed by atoms with E-state index >= 15 is 0 Å². The highest BCUT2D eigenvalue weighted by molar-refractivity contribution is 5.52. The number of aromatic nitrogens is 2. The van der Waals surface area contributed by atoms with E-state index in [1.807, 2.05) is 6.92 Å². The number of hydrogen-bond donors (Lipinski definition) is 1. The number of nitrogens with two attached hydrogens (primary N) is 1. The van der Waals surface area contributed by atoms with Gasteiger partial charge < -0.3 is 5.73 Å². The van der Waals surface area contributed by atoms with Crippen LogP contribution in [-0.4, -0.2) is 9.78 Å². The molecule has 2 N–H and O–H groups in total. The Labute approximate surface area is 111 Å². The fourth-order valence-corrected chi connectivity index (χ4v) is 1.94. The molecular formula is C14H15FN4. The van der Waals surface area contributed by atoms with Crippen LogP contribution >= 0.6 is 0 Å². The fraction of sp³-hybridized carbons (Fsp3) is 0.286. The summed E-state index contributed by atoms with van der Waals surface area (Å²) in [6, 6.07) is 8.25. The molecule has 0 saturated carbocycles. The molecule has 1 aromatic heterocycles. The normalized spacial score (nSPS) is 10.4. The van der Waals surface area contributed by atoms with Crippen molar-refractivity contribution in [1.82, 2.24) is 9.78 Å². The minimum Gasteiger partial charge on any atom is -0.383 e. The zero-order chi connectivity index (χ0) is 13.8. The molecule has 2 aromatic rings.